The highest BCUT2D eigenvalue weighted by atomic mass is 35.5. The van der Waals surface area contributed by atoms with Gasteiger partial charge in [-0.05, 0) is 73.6 Å². The summed E-state index contributed by atoms with van der Waals surface area (Å²) in [4.78, 5) is 35.3. The van der Waals surface area contributed by atoms with Crippen molar-refractivity contribution < 1.29 is 9.59 Å². The fourth-order valence-electron chi connectivity index (χ4n) is 4.19. The van der Waals surface area contributed by atoms with E-state index in [1.165, 1.54) is 35.1 Å². The van der Waals surface area contributed by atoms with Gasteiger partial charge in [-0.1, -0.05) is 23.7 Å². The number of carbonyl (C=O) groups is 2. The van der Waals surface area contributed by atoms with Crippen molar-refractivity contribution in [2.75, 3.05) is 18.0 Å². The van der Waals surface area contributed by atoms with E-state index in [4.69, 9.17) is 34.5 Å². The largest absolute Gasteiger partial charge is 0.382 e. The number of nitrogens with one attached hydrogen (secondary N) is 1. The van der Waals surface area contributed by atoms with Gasteiger partial charge < -0.3 is 22.9 Å². The zero-order chi connectivity index (χ0) is 24.7. The first kappa shape index (κ1) is 25.2. The van der Waals surface area contributed by atoms with Gasteiger partial charge in [-0.3, -0.25) is 19.9 Å². The van der Waals surface area contributed by atoms with Crippen LogP contribution in [0.1, 0.15) is 64.8 Å². The smallest absolute Gasteiger partial charge is 0.280 e. The van der Waals surface area contributed by atoms with Crippen LogP contribution in [0.5, 0.6) is 0 Å². The zero-order valence-corrected chi connectivity index (χ0v) is 19.8. The Labute approximate surface area is 203 Å². The van der Waals surface area contributed by atoms with Gasteiger partial charge in [0.1, 0.15) is 0 Å². The Morgan fingerprint density at radius 2 is 1.62 bits per heavy atom. The third kappa shape index (κ3) is 6.57. The van der Waals surface area contributed by atoms with Gasteiger partial charge in [0.15, 0.2) is 28.4 Å². The average molecular weight is 487 g/mol. The number of nitrogens with two attached hydrogens (primary N) is 4. The molecule has 2 amide bonds. The number of hydrogen-bond donors (Lipinski definition) is 5. The van der Waals surface area contributed by atoms with Gasteiger partial charge in [0.25, 0.3) is 5.91 Å². The lowest BCUT2D eigenvalue weighted by Crippen LogP contribution is -2.38. The molecule has 0 aliphatic heterocycles. The van der Waals surface area contributed by atoms with E-state index >= 15 is 0 Å². The van der Waals surface area contributed by atoms with E-state index in [0.29, 0.717) is 19.4 Å². The van der Waals surface area contributed by atoms with Crippen LogP contribution >= 0.6 is 11.6 Å². The number of amides is 2. The van der Waals surface area contributed by atoms with Gasteiger partial charge >= 0.3 is 0 Å². The summed E-state index contributed by atoms with van der Waals surface area (Å²) in [5.41, 5.74) is 27.6. The molecule has 1 aromatic carbocycles. The Bertz CT molecular complexity index is 1100. The predicted octanol–water partition coefficient (Wildman–Crippen LogP) is 1.66. The van der Waals surface area contributed by atoms with Crippen LogP contribution in [0.3, 0.4) is 0 Å². The number of benzene rings is 1. The van der Waals surface area contributed by atoms with Crippen molar-refractivity contribution in [3.63, 3.8) is 0 Å². The number of nitrogen functional groups attached to an aromatic ring is 2. The van der Waals surface area contributed by atoms with Gasteiger partial charge in [0.2, 0.25) is 5.91 Å². The van der Waals surface area contributed by atoms with Crippen molar-refractivity contribution in [1.82, 2.24) is 15.3 Å². The van der Waals surface area contributed by atoms with E-state index in [1.807, 2.05) is 0 Å². The molecule has 11 heteroatoms. The van der Waals surface area contributed by atoms with Crippen LogP contribution in [0.2, 0.25) is 5.15 Å². The molecule has 0 saturated heterocycles. The molecule has 1 heterocycles. The minimum absolute atomic E-state index is 0.0321. The van der Waals surface area contributed by atoms with E-state index in [0.717, 1.165) is 32.1 Å². The number of aryl methyl sites for hydroxylation is 2. The molecular formula is C23H31ClN8O2. The highest BCUT2D eigenvalue weighted by Gasteiger charge is 2.18. The molecule has 34 heavy (non-hydrogen) atoms. The maximum Gasteiger partial charge on any atom is 0.280 e. The van der Waals surface area contributed by atoms with E-state index in [-0.39, 0.29) is 34.3 Å². The summed E-state index contributed by atoms with van der Waals surface area (Å²) in [7, 11) is 0. The molecule has 0 spiro atoms. The molecule has 0 radical (unpaired) electrons. The van der Waals surface area contributed by atoms with Crippen LogP contribution in [-0.4, -0.2) is 34.3 Å². The topological polar surface area (TPSA) is 188 Å². The van der Waals surface area contributed by atoms with Crippen molar-refractivity contribution in [1.29, 1.82) is 0 Å². The van der Waals surface area contributed by atoms with Crippen molar-refractivity contribution in [3.05, 3.63) is 45.2 Å². The second kappa shape index (κ2) is 11.6. The van der Waals surface area contributed by atoms with Crippen LogP contribution in [0.15, 0.2) is 17.1 Å². The molecule has 1 aromatic heterocycles. The maximum absolute atomic E-state index is 12.3. The summed E-state index contributed by atoms with van der Waals surface area (Å²) in [6.45, 7) is 0.467. The summed E-state index contributed by atoms with van der Waals surface area (Å²) in [5.74, 6) is -1.15. The number of unbranched alkanes of at least 4 members (excludes halogenated alkanes) is 1. The molecule has 182 valence electrons. The molecule has 1 aliphatic rings. The third-order valence-electron chi connectivity index (χ3n) is 5.87. The van der Waals surface area contributed by atoms with Gasteiger partial charge in [-0.25, -0.2) is 9.97 Å². The minimum Gasteiger partial charge on any atom is -0.382 e. The Morgan fingerprint density at radius 3 is 2.26 bits per heavy atom. The normalized spacial score (nSPS) is 13.4. The van der Waals surface area contributed by atoms with Gasteiger partial charge in [-0.15, -0.1) is 0 Å². The van der Waals surface area contributed by atoms with E-state index < -0.39 is 5.91 Å². The van der Waals surface area contributed by atoms with Crippen LogP contribution < -0.4 is 28.3 Å². The zero-order valence-electron chi connectivity index (χ0n) is 19.1. The predicted molar refractivity (Wildman–Crippen MR) is 133 cm³/mol. The summed E-state index contributed by atoms with van der Waals surface area (Å²) in [5, 5.41) is 2.32. The summed E-state index contributed by atoms with van der Waals surface area (Å²) < 4.78 is 0. The highest BCUT2D eigenvalue weighted by Crippen LogP contribution is 2.29. The van der Waals surface area contributed by atoms with E-state index in [9.17, 15) is 9.59 Å². The molecule has 0 bridgehead atoms. The Hall–Kier alpha value is -3.40. The van der Waals surface area contributed by atoms with Gasteiger partial charge in [0, 0.05) is 13.0 Å². The van der Waals surface area contributed by atoms with Gasteiger partial charge in [0.05, 0.1) is 0 Å². The molecule has 10 nitrogen and oxygen atoms in total. The molecule has 3 rings (SSSR count). The number of halogens is 1. The molecule has 0 atom stereocenters. The lowest BCUT2D eigenvalue weighted by molar-refractivity contribution is -0.117. The standard InChI is InChI=1S/C23H31ClN8O2/c24-19-21(27)31-20(26)18(30-19)22(34)32-23(28)29-12-4-3-5-13-8-9-14(10-11-17(25)33)16-7-2-1-6-15(13)16/h8-9H,1-7,10-12H2,(H2,25,33)(H4,26,27,31)(H3,28,29,32,34). The number of hydrogen-bond acceptors (Lipinski definition) is 7. The Morgan fingerprint density at radius 1 is 0.971 bits per heavy atom. The second-order valence-corrected chi connectivity index (χ2v) is 8.68. The molecule has 0 fully saturated rings. The first-order valence-electron chi connectivity index (χ1n) is 11.4. The van der Waals surface area contributed by atoms with Crippen LogP contribution in [0.4, 0.5) is 11.6 Å². The number of aliphatic imine (C=N–C) groups is 1. The molecule has 9 N–H and O–H groups in total. The van der Waals surface area contributed by atoms with Crippen LogP contribution in [0.25, 0.3) is 0 Å². The second-order valence-electron chi connectivity index (χ2n) is 8.33. The van der Waals surface area contributed by atoms with Crippen molar-refractivity contribution in [3.8, 4) is 0 Å². The minimum atomic E-state index is -0.656. The number of nitrogens with zero attached hydrogens (tertiary/aromatic N) is 3. The maximum atomic E-state index is 12.3. The first-order valence-corrected chi connectivity index (χ1v) is 11.7. The van der Waals surface area contributed by atoms with E-state index in [1.54, 1.807) is 0 Å². The fourth-order valence-corrected chi connectivity index (χ4v) is 4.32. The third-order valence-corrected chi connectivity index (χ3v) is 6.15. The fraction of sp³-hybridized carbons (Fsp3) is 0.435. The summed E-state index contributed by atoms with van der Waals surface area (Å²) in [6.07, 6.45) is 8.28. The quantitative estimate of drug-likeness (QED) is 0.202. The number of guanidine groups is 1. The number of fused-ring (bicyclic) bond motifs is 1. The van der Waals surface area contributed by atoms with Crippen molar-refractivity contribution in [2.24, 2.45) is 16.5 Å². The Kier molecular flexibility index (Phi) is 8.64. The number of primary amides is 1. The molecule has 0 unspecified atom stereocenters. The van der Waals surface area contributed by atoms with Crippen molar-refractivity contribution >= 4 is 41.0 Å². The van der Waals surface area contributed by atoms with Crippen molar-refractivity contribution in [2.45, 2.75) is 57.8 Å². The van der Waals surface area contributed by atoms with Crippen LogP contribution in [-0.2, 0) is 30.5 Å². The van der Waals surface area contributed by atoms with Gasteiger partial charge in [-0.2, -0.15) is 0 Å². The molecule has 2 aromatic rings. The molecular weight excluding hydrogens is 456 g/mol. The summed E-state index contributed by atoms with van der Waals surface area (Å²) in [6, 6.07) is 4.33. The number of aromatic nitrogens is 2. The first-order chi connectivity index (χ1) is 16.3. The highest BCUT2D eigenvalue weighted by molar-refractivity contribution is 6.31. The van der Waals surface area contributed by atoms with Crippen LogP contribution in [0, 0.1) is 0 Å². The van der Waals surface area contributed by atoms with E-state index in [2.05, 4.69) is 32.4 Å². The number of carbonyl (C=O) groups excluding carboxylic acids is 2. The average Bonchev–Trinajstić information content (AvgIpc) is 2.80. The molecule has 0 saturated carbocycles. The summed E-state index contributed by atoms with van der Waals surface area (Å²) >= 11 is 5.80. The Balaban J connectivity index is 1.52. The number of rotatable bonds is 9. The lowest BCUT2D eigenvalue weighted by Gasteiger charge is -2.23. The number of anilines is 2. The lowest BCUT2D eigenvalue weighted by atomic mass is 9.83. The monoisotopic (exact) mass is 486 g/mol. The SMILES string of the molecule is NC(=O)CCc1ccc(CCCCN=C(N)NC(=O)c2nc(Cl)c(N)nc2N)c2c1CCCC2. The molecule has 1 aliphatic carbocycles.